The summed E-state index contributed by atoms with van der Waals surface area (Å²) in [7, 11) is 0. The Kier molecular flexibility index (Phi) is 3.19. The normalized spacial score (nSPS) is 10.0. The zero-order chi connectivity index (χ0) is 12.3. The number of anilines is 1. The first-order valence-corrected chi connectivity index (χ1v) is 5.29. The lowest BCUT2D eigenvalue weighted by molar-refractivity contribution is 0.102. The molecule has 0 saturated carbocycles. The smallest absolute Gasteiger partial charge is 0.255 e. The Morgan fingerprint density at radius 3 is 2.53 bits per heavy atom. The number of rotatable bonds is 2. The molecule has 2 aromatic carbocycles. The molecule has 2 aromatic rings. The fraction of sp³-hybridized carbons (Fsp3) is 0.0714. The van der Waals surface area contributed by atoms with E-state index in [2.05, 4.69) is 5.32 Å². The van der Waals surface area contributed by atoms with E-state index >= 15 is 0 Å². The average Bonchev–Trinajstić information content (AvgIpc) is 2.35. The number of aryl methyl sites for hydroxylation is 1. The Bertz CT molecular complexity index is 537. The van der Waals surface area contributed by atoms with Gasteiger partial charge in [-0.25, -0.2) is 4.39 Å². The molecule has 0 saturated heterocycles. The van der Waals surface area contributed by atoms with Crippen LogP contribution >= 0.6 is 0 Å². The predicted octanol–water partition coefficient (Wildman–Crippen LogP) is 3.39. The summed E-state index contributed by atoms with van der Waals surface area (Å²) in [5.41, 5.74) is 1.61. The second-order valence-corrected chi connectivity index (χ2v) is 3.80. The van der Waals surface area contributed by atoms with Crippen molar-refractivity contribution in [3.05, 3.63) is 65.5 Å². The van der Waals surface area contributed by atoms with Crippen LogP contribution in [0.2, 0.25) is 0 Å². The van der Waals surface area contributed by atoms with Crippen LogP contribution in [-0.2, 0) is 0 Å². The molecule has 1 N–H and O–H groups in total. The van der Waals surface area contributed by atoms with Crippen LogP contribution in [0.5, 0.6) is 0 Å². The summed E-state index contributed by atoms with van der Waals surface area (Å²) in [6.45, 7) is 1.84. The summed E-state index contributed by atoms with van der Waals surface area (Å²) >= 11 is 0. The van der Waals surface area contributed by atoms with Crippen molar-refractivity contribution in [1.29, 1.82) is 0 Å². The maximum absolute atomic E-state index is 13.4. The van der Waals surface area contributed by atoms with Gasteiger partial charge in [-0.3, -0.25) is 4.79 Å². The molecule has 0 aromatic heterocycles. The lowest BCUT2D eigenvalue weighted by Gasteiger charge is -2.07. The fourth-order valence-electron chi connectivity index (χ4n) is 1.52. The van der Waals surface area contributed by atoms with Gasteiger partial charge < -0.3 is 5.32 Å². The highest BCUT2D eigenvalue weighted by Gasteiger charge is 2.08. The standard InChI is InChI=1S/C14H12FNO/c1-10-7-8-12(15)13(9-10)16-14(17)11-5-3-2-4-6-11/h2-9H,1H3,(H,16,17). The highest BCUT2D eigenvalue weighted by atomic mass is 19.1. The van der Waals surface area contributed by atoms with E-state index in [-0.39, 0.29) is 11.6 Å². The molecule has 2 rings (SSSR count). The number of halogens is 1. The predicted molar refractivity (Wildman–Crippen MR) is 65.5 cm³/mol. The molecule has 0 aliphatic rings. The van der Waals surface area contributed by atoms with Gasteiger partial charge in [-0.05, 0) is 36.8 Å². The number of benzene rings is 2. The topological polar surface area (TPSA) is 29.1 Å². The monoisotopic (exact) mass is 229 g/mol. The Balaban J connectivity index is 2.22. The minimum absolute atomic E-state index is 0.207. The Labute approximate surface area is 99.1 Å². The van der Waals surface area contributed by atoms with E-state index < -0.39 is 5.82 Å². The summed E-state index contributed by atoms with van der Waals surface area (Å²) in [6.07, 6.45) is 0. The van der Waals surface area contributed by atoms with Crippen molar-refractivity contribution >= 4 is 11.6 Å². The van der Waals surface area contributed by atoms with Gasteiger partial charge in [-0.1, -0.05) is 24.3 Å². The van der Waals surface area contributed by atoms with Crippen molar-refractivity contribution in [2.75, 3.05) is 5.32 Å². The molecular formula is C14H12FNO. The largest absolute Gasteiger partial charge is 0.319 e. The first kappa shape index (κ1) is 11.3. The van der Waals surface area contributed by atoms with Gasteiger partial charge in [0, 0.05) is 5.56 Å². The third kappa shape index (κ3) is 2.69. The SMILES string of the molecule is Cc1ccc(F)c(NC(=O)c2ccccc2)c1. The number of carbonyl (C=O) groups excluding carboxylic acids is 1. The first-order valence-electron chi connectivity index (χ1n) is 5.29. The van der Waals surface area contributed by atoms with E-state index in [0.717, 1.165) is 5.56 Å². The summed E-state index contributed by atoms with van der Waals surface area (Å²) in [6, 6.07) is 13.3. The van der Waals surface area contributed by atoms with E-state index in [1.165, 1.54) is 6.07 Å². The molecule has 3 heteroatoms. The van der Waals surface area contributed by atoms with Gasteiger partial charge >= 0.3 is 0 Å². The second kappa shape index (κ2) is 4.78. The molecule has 86 valence electrons. The molecule has 0 aliphatic carbocycles. The van der Waals surface area contributed by atoms with E-state index in [0.29, 0.717) is 5.56 Å². The van der Waals surface area contributed by atoms with Crippen molar-refractivity contribution in [3.8, 4) is 0 Å². The Hall–Kier alpha value is -2.16. The van der Waals surface area contributed by atoms with Gasteiger partial charge in [0.15, 0.2) is 0 Å². The fourth-order valence-corrected chi connectivity index (χ4v) is 1.52. The number of hydrogen-bond acceptors (Lipinski definition) is 1. The van der Waals surface area contributed by atoms with Crippen LogP contribution in [0.1, 0.15) is 15.9 Å². The number of carbonyl (C=O) groups is 1. The van der Waals surface area contributed by atoms with Crippen LogP contribution in [0.25, 0.3) is 0 Å². The number of amides is 1. The van der Waals surface area contributed by atoms with Crippen LogP contribution < -0.4 is 5.32 Å². The quantitative estimate of drug-likeness (QED) is 0.840. The molecule has 0 heterocycles. The van der Waals surface area contributed by atoms with Gasteiger partial charge in [0.25, 0.3) is 5.91 Å². The lowest BCUT2D eigenvalue weighted by atomic mass is 10.2. The molecular weight excluding hydrogens is 217 g/mol. The van der Waals surface area contributed by atoms with Crippen molar-refractivity contribution in [2.24, 2.45) is 0 Å². The minimum atomic E-state index is -0.431. The molecule has 0 aliphatic heterocycles. The summed E-state index contributed by atoms with van der Waals surface area (Å²) in [4.78, 5) is 11.8. The first-order chi connectivity index (χ1) is 8.16. The van der Waals surface area contributed by atoms with Crippen LogP contribution in [-0.4, -0.2) is 5.91 Å². The van der Waals surface area contributed by atoms with E-state index in [1.807, 2.05) is 13.0 Å². The Morgan fingerprint density at radius 1 is 1.12 bits per heavy atom. The maximum atomic E-state index is 13.4. The molecule has 1 amide bonds. The lowest BCUT2D eigenvalue weighted by Crippen LogP contribution is -2.12. The summed E-state index contributed by atoms with van der Waals surface area (Å²) < 4.78 is 13.4. The third-order valence-electron chi connectivity index (χ3n) is 2.41. The third-order valence-corrected chi connectivity index (χ3v) is 2.41. The molecule has 0 fully saturated rings. The van der Waals surface area contributed by atoms with Crippen LogP contribution in [0.3, 0.4) is 0 Å². The van der Waals surface area contributed by atoms with Gasteiger partial charge in [0.05, 0.1) is 5.69 Å². The van der Waals surface area contributed by atoms with Crippen molar-refractivity contribution < 1.29 is 9.18 Å². The zero-order valence-electron chi connectivity index (χ0n) is 9.41. The average molecular weight is 229 g/mol. The van der Waals surface area contributed by atoms with Crippen molar-refractivity contribution in [3.63, 3.8) is 0 Å². The molecule has 0 radical (unpaired) electrons. The number of hydrogen-bond donors (Lipinski definition) is 1. The van der Waals surface area contributed by atoms with E-state index in [1.54, 1.807) is 36.4 Å². The second-order valence-electron chi connectivity index (χ2n) is 3.80. The Morgan fingerprint density at radius 2 is 1.82 bits per heavy atom. The summed E-state index contributed by atoms with van der Waals surface area (Å²) in [5, 5.41) is 2.55. The molecule has 0 unspecified atom stereocenters. The molecule has 17 heavy (non-hydrogen) atoms. The summed E-state index contributed by atoms with van der Waals surface area (Å²) in [5.74, 6) is -0.741. The molecule has 0 atom stereocenters. The van der Waals surface area contributed by atoms with Gasteiger partial charge in [0.1, 0.15) is 5.82 Å². The minimum Gasteiger partial charge on any atom is -0.319 e. The van der Waals surface area contributed by atoms with Crippen LogP contribution in [0.15, 0.2) is 48.5 Å². The van der Waals surface area contributed by atoms with Crippen LogP contribution in [0.4, 0.5) is 10.1 Å². The highest BCUT2D eigenvalue weighted by molar-refractivity contribution is 6.04. The maximum Gasteiger partial charge on any atom is 0.255 e. The molecule has 2 nitrogen and oxygen atoms in total. The zero-order valence-corrected chi connectivity index (χ0v) is 9.41. The van der Waals surface area contributed by atoms with Crippen molar-refractivity contribution in [1.82, 2.24) is 0 Å². The molecule has 0 bridgehead atoms. The van der Waals surface area contributed by atoms with Crippen LogP contribution in [0, 0.1) is 12.7 Å². The van der Waals surface area contributed by atoms with E-state index in [4.69, 9.17) is 0 Å². The van der Waals surface area contributed by atoms with Gasteiger partial charge in [-0.15, -0.1) is 0 Å². The highest BCUT2D eigenvalue weighted by Crippen LogP contribution is 2.16. The van der Waals surface area contributed by atoms with Gasteiger partial charge in [-0.2, -0.15) is 0 Å². The number of nitrogens with one attached hydrogen (secondary N) is 1. The van der Waals surface area contributed by atoms with Crippen molar-refractivity contribution in [2.45, 2.75) is 6.92 Å². The molecule has 0 spiro atoms. The van der Waals surface area contributed by atoms with E-state index in [9.17, 15) is 9.18 Å². The van der Waals surface area contributed by atoms with Gasteiger partial charge in [0.2, 0.25) is 0 Å².